The standard InChI is InChI=1S/C22H24N2O4S/c1-14-13-23(22(26)17-4-5-17)21-12-18(8-11-20(21)24(14)15(2)25)16-6-9-19(10-7-16)29(3,27)28/h6-12,14,17H,4-5,13H2,1-3H3. The maximum absolute atomic E-state index is 12.9. The molecule has 0 aromatic heterocycles. The highest BCUT2D eigenvalue weighted by molar-refractivity contribution is 7.90. The molecule has 152 valence electrons. The summed E-state index contributed by atoms with van der Waals surface area (Å²) in [6.45, 7) is 3.96. The molecule has 1 heterocycles. The van der Waals surface area contributed by atoms with Crippen LogP contribution in [0.25, 0.3) is 11.1 Å². The smallest absolute Gasteiger partial charge is 0.230 e. The molecule has 0 saturated heterocycles. The predicted octanol–water partition coefficient (Wildman–Crippen LogP) is 3.26. The molecule has 29 heavy (non-hydrogen) atoms. The van der Waals surface area contributed by atoms with Crippen LogP contribution >= 0.6 is 0 Å². The van der Waals surface area contributed by atoms with Crippen LogP contribution in [0, 0.1) is 5.92 Å². The summed E-state index contributed by atoms with van der Waals surface area (Å²) in [5.74, 6) is 0.144. The summed E-state index contributed by atoms with van der Waals surface area (Å²) in [7, 11) is -3.26. The van der Waals surface area contributed by atoms with Gasteiger partial charge in [0.05, 0.1) is 22.3 Å². The van der Waals surface area contributed by atoms with Crippen molar-refractivity contribution in [1.82, 2.24) is 0 Å². The number of rotatable bonds is 3. The summed E-state index contributed by atoms with van der Waals surface area (Å²) in [6, 6.07) is 12.3. The molecule has 7 heteroatoms. The van der Waals surface area contributed by atoms with Gasteiger partial charge in [-0.1, -0.05) is 18.2 Å². The minimum Gasteiger partial charge on any atom is -0.308 e. The van der Waals surface area contributed by atoms with Crippen LogP contribution in [0.1, 0.15) is 26.7 Å². The van der Waals surface area contributed by atoms with E-state index in [-0.39, 0.29) is 28.7 Å². The van der Waals surface area contributed by atoms with Gasteiger partial charge in [-0.15, -0.1) is 0 Å². The van der Waals surface area contributed by atoms with Crippen molar-refractivity contribution in [3.05, 3.63) is 42.5 Å². The van der Waals surface area contributed by atoms with Crippen LogP contribution < -0.4 is 9.80 Å². The molecule has 0 spiro atoms. The lowest BCUT2D eigenvalue weighted by Gasteiger charge is -2.41. The number of anilines is 2. The largest absolute Gasteiger partial charge is 0.308 e. The van der Waals surface area contributed by atoms with E-state index in [2.05, 4.69) is 0 Å². The third-order valence-electron chi connectivity index (χ3n) is 5.56. The van der Waals surface area contributed by atoms with Crippen molar-refractivity contribution in [2.75, 3.05) is 22.6 Å². The molecule has 2 aromatic rings. The fourth-order valence-electron chi connectivity index (χ4n) is 3.94. The van der Waals surface area contributed by atoms with Crippen LogP contribution in [0.15, 0.2) is 47.4 Å². The Balaban J connectivity index is 1.78. The second kappa shape index (κ2) is 6.99. The molecule has 4 rings (SSSR count). The monoisotopic (exact) mass is 412 g/mol. The second-order valence-electron chi connectivity index (χ2n) is 7.96. The van der Waals surface area contributed by atoms with Gasteiger partial charge in [-0.25, -0.2) is 8.42 Å². The second-order valence-corrected chi connectivity index (χ2v) is 9.98. The number of hydrogen-bond acceptors (Lipinski definition) is 4. The van der Waals surface area contributed by atoms with Gasteiger partial charge in [0.15, 0.2) is 9.84 Å². The van der Waals surface area contributed by atoms with Crippen LogP contribution in [-0.4, -0.2) is 39.1 Å². The quantitative estimate of drug-likeness (QED) is 0.776. The van der Waals surface area contributed by atoms with E-state index in [4.69, 9.17) is 0 Å². The summed E-state index contributed by atoms with van der Waals surface area (Å²) < 4.78 is 23.4. The lowest BCUT2D eigenvalue weighted by atomic mass is 10.00. The molecular weight excluding hydrogens is 388 g/mol. The van der Waals surface area contributed by atoms with Crippen molar-refractivity contribution in [3.63, 3.8) is 0 Å². The first-order chi connectivity index (χ1) is 13.7. The minimum atomic E-state index is -3.26. The highest BCUT2D eigenvalue weighted by Gasteiger charge is 2.39. The Labute approximate surface area is 171 Å². The Morgan fingerprint density at radius 1 is 0.966 bits per heavy atom. The summed E-state index contributed by atoms with van der Waals surface area (Å²) in [5.41, 5.74) is 3.20. The van der Waals surface area contributed by atoms with Crippen molar-refractivity contribution in [1.29, 1.82) is 0 Å². The van der Waals surface area contributed by atoms with Gasteiger partial charge in [0.1, 0.15) is 0 Å². The molecule has 1 fully saturated rings. The van der Waals surface area contributed by atoms with Gasteiger partial charge in [0, 0.05) is 25.6 Å². The average molecular weight is 413 g/mol. The number of nitrogens with zero attached hydrogens (tertiary/aromatic N) is 2. The molecule has 1 saturated carbocycles. The third kappa shape index (κ3) is 3.67. The number of benzene rings is 2. The number of sulfone groups is 1. The fourth-order valence-corrected chi connectivity index (χ4v) is 4.57. The Hall–Kier alpha value is -2.67. The van der Waals surface area contributed by atoms with E-state index in [9.17, 15) is 18.0 Å². The fraction of sp³-hybridized carbons (Fsp3) is 0.364. The molecule has 6 nitrogen and oxygen atoms in total. The molecule has 1 aliphatic carbocycles. The van der Waals surface area contributed by atoms with Gasteiger partial charge >= 0.3 is 0 Å². The van der Waals surface area contributed by atoms with Crippen LogP contribution in [0.5, 0.6) is 0 Å². The summed E-state index contributed by atoms with van der Waals surface area (Å²) >= 11 is 0. The average Bonchev–Trinajstić information content (AvgIpc) is 3.51. The van der Waals surface area contributed by atoms with Crippen molar-refractivity contribution in [2.24, 2.45) is 5.92 Å². The van der Waals surface area contributed by atoms with E-state index in [1.165, 1.54) is 13.2 Å². The lowest BCUT2D eigenvalue weighted by molar-refractivity contribution is -0.120. The van der Waals surface area contributed by atoms with Crippen molar-refractivity contribution >= 4 is 33.0 Å². The van der Waals surface area contributed by atoms with Gasteiger partial charge in [0.25, 0.3) is 0 Å². The Kier molecular flexibility index (Phi) is 4.73. The van der Waals surface area contributed by atoms with Crippen LogP contribution in [0.4, 0.5) is 11.4 Å². The van der Waals surface area contributed by atoms with Gasteiger partial charge in [-0.05, 0) is 55.2 Å². The normalized spacial score (nSPS) is 19.1. The molecular formula is C22H24N2O4S. The Morgan fingerprint density at radius 2 is 1.59 bits per heavy atom. The summed E-state index contributed by atoms with van der Waals surface area (Å²) in [6.07, 6.45) is 3.02. The predicted molar refractivity (Wildman–Crippen MR) is 113 cm³/mol. The number of amides is 2. The first kappa shape index (κ1) is 19.6. The molecule has 2 aromatic carbocycles. The zero-order valence-corrected chi connectivity index (χ0v) is 17.6. The maximum Gasteiger partial charge on any atom is 0.230 e. The molecule has 1 aliphatic heterocycles. The van der Waals surface area contributed by atoms with E-state index in [0.29, 0.717) is 6.54 Å². The first-order valence-corrected chi connectivity index (χ1v) is 11.6. The van der Waals surface area contributed by atoms with Crippen molar-refractivity contribution in [2.45, 2.75) is 37.6 Å². The van der Waals surface area contributed by atoms with Crippen LogP contribution in [0.3, 0.4) is 0 Å². The van der Waals surface area contributed by atoms with Crippen LogP contribution in [0.2, 0.25) is 0 Å². The van der Waals surface area contributed by atoms with E-state index in [0.717, 1.165) is 35.3 Å². The minimum absolute atomic E-state index is 0.0532. The van der Waals surface area contributed by atoms with Crippen molar-refractivity contribution in [3.8, 4) is 11.1 Å². The van der Waals surface area contributed by atoms with E-state index >= 15 is 0 Å². The van der Waals surface area contributed by atoms with Crippen LogP contribution in [-0.2, 0) is 19.4 Å². The first-order valence-electron chi connectivity index (χ1n) is 9.72. The molecule has 0 bridgehead atoms. The van der Waals surface area contributed by atoms with E-state index in [1.54, 1.807) is 29.2 Å². The third-order valence-corrected chi connectivity index (χ3v) is 6.69. The number of carbonyl (C=O) groups is 2. The summed E-state index contributed by atoms with van der Waals surface area (Å²) in [5, 5.41) is 0. The molecule has 2 amide bonds. The Bertz CT molecular complexity index is 1090. The molecule has 0 radical (unpaired) electrons. The van der Waals surface area contributed by atoms with E-state index in [1.807, 2.05) is 30.0 Å². The van der Waals surface area contributed by atoms with Gasteiger partial charge in [0.2, 0.25) is 11.8 Å². The van der Waals surface area contributed by atoms with Gasteiger partial charge in [-0.3, -0.25) is 9.59 Å². The highest BCUT2D eigenvalue weighted by atomic mass is 32.2. The van der Waals surface area contributed by atoms with E-state index < -0.39 is 9.84 Å². The number of hydrogen-bond donors (Lipinski definition) is 0. The summed E-state index contributed by atoms with van der Waals surface area (Å²) in [4.78, 5) is 29.0. The van der Waals surface area contributed by atoms with Gasteiger partial charge in [-0.2, -0.15) is 0 Å². The topological polar surface area (TPSA) is 74.8 Å². The zero-order valence-electron chi connectivity index (χ0n) is 16.8. The highest BCUT2D eigenvalue weighted by Crippen LogP contribution is 2.42. The lowest BCUT2D eigenvalue weighted by Crippen LogP contribution is -2.51. The van der Waals surface area contributed by atoms with Gasteiger partial charge < -0.3 is 9.80 Å². The Morgan fingerprint density at radius 3 is 2.14 bits per heavy atom. The van der Waals surface area contributed by atoms with Crippen molar-refractivity contribution < 1.29 is 18.0 Å². The molecule has 1 atom stereocenters. The SMILES string of the molecule is CC(=O)N1c2ccc(-c3ccc(S(C)(=O)=O)cc3)cc2N(C(=O)C2CC2)CC1C. The molecule has 0 N–H and O–H groups in total. The maximum atomic E-state index is 12.9. The number of fused-ring (bicyclic) bond motifs is 1. The molecule has 2 aliphatic rings. The molecule has 1 unspecified atom stereocenters. The zero-order chi connectivity index (χ0) is 20.9. The number of carbonyl (C=O) groups excluding carboxylic acids is 2.